The van der Waals surface area contributed by atoms with E-state index in [0.717, 1.165) is 33.7 Å². The molecule has 1 heterocycles. The van der Waals surface area contributed by atoms with E-state index in [1.54, 1.807) is 6.07 Å². The highest BCUT2D eigenvalue weighted by Gasteiger charge is 2.18. The highest BCUT2D eigenvalue weighted by atomic mass is 32.1. The lowest BCUT2D eigenvalue weighted by Gasteiger charge is -2.18. The number of para-hydroxylation sites is 1. The Morgan fingerprint density at radius 1 is 1.11 bits per heavy atom. The van der Waals surface area contributed by atoms with Crippen molar-refractivity contribution in [3.05, 3.63) is 50.7 Å². The maximum atomic E-state index is 12.3. The minimum absolute atomic E-state index is 0.123. The molecule has 0 aliphatic heterocycles. The molecule has 0 bridgehead atoms. The van der Waals surface area contributed by atoms with E-state index < -0.39 is 18.5 Å². The lowest BCUT2D eigenvalue weighted by molar-refractivity contribution is -0.136. The Bertz CT molecular complexity index is 868. The Balaban J connectivity index is 1.86. The molecule has 0 radical (unpaired) electrons. The van der Waals surface area contributed by atoms with Gasteiger partial charge in [0.1, 0.15) is 4.88 Å². The van der Waals surface area contributed by atoms with Crippen molar-refractivity contribution < 1.29 is 19.1 Å². The lowest BCUT2D eigenvalue weighted by Crippen LogP contribution is -2.37. The summed E-state index contributed by atoms with van der Waals surface area (Å²) in [4.78, 5) is 39.4. The molecule has 1 aromatic heterocycles. The van der Waals surface area contributed by atoms with Crippen LogP contribution < -0.4 is 5.32 Å². The third kappa shape index (κ3) is 5.42. The monoisotopic (exact) mass is 402 g/mol. The van der Waals surface area contributed by atoms with E-state index in [4.69, 9.17) is 4.74 Å². The highest BCUT2D eigenvalue weighted by Crippen LogP contribution is 2.23. The number of nitrogens with one attached hydrogen (secondary N) is 1. The molecule has 0 fully saturated rings. The average molecular weight is 403 g/mol. The number of thiophene rings is 1. The van der Waals surface area contributed by atoms with Crippen molar-refractivity contribution in [3.8, 4) is 0 Å². The van der Waals surface area contributed by atoms with Crippen LogP contribution in [-0.4, -0.2) is 42.9 Å². The summed E-state index contributed by atoms with van der Waals surface area (Å²) in [5, 5.41) is 2.83. The van der Waals surface area contributed by atoms with Crippen molar-refractivity contribution in [2.24, 2.45) is 0 Å². The number of anilines is 1. The molecule has 2 rings (SSSR count). The number of amides is 2. The molecule has 0 unspecified atom stereocenters. The first kappa shape index (κ1) is 21.6. The molecule has 2 aromatic rings. The Morgan fingerprint density at radius 2 is 1.75 bits per heavy atom. The SMILES string of the molecule is CCc1sc(C(=O)OCC(=O)N(C)CC(=O)Nc2c(C)cccc2C)cc1C. The summed E-state index contributed by atoms with van der Waals surface area (Å²) in [6.07, 6.45) is 0.848. The van der Waals surface area contributed by atoms with Crippen LogP contribution in [0.15, 0.2) is 24.3 Å². The molecular formula is C21H26N2O4S. The number of aryl methyl sites for hydroxylation is 4. The van der Waals surface area contributed by atoms with Crippen LogP contribution in [0.5, 0.6) is 0 Å². The molecule has 2 amide bonds. The molecule has 1 aromatic carbocycles. The summed E-state index contributed by atoms with van der Waals surface area (Å²) in [6.45, 7) is 7.27. The fraction of sp³-hybridized carbons (Fsp3) is 0.381. The quantitative estimate of drug-likeness (QED) is 0.720. The normalized spacial score (nSPS) is 10.5. The van der Waals surface area contributed by atoms with Gasteiger partial charge in [-0.3, -0.25) is 9.59 Å². The number of ether oxygens (including phenoxy) is 1. The maximum absolute atomic E-state index is 12.3. The summed E-state index contributed by atoms with van der Waals surface area (Å²) >= 11 is 1.38. The van der Waals surface area contributed by atoms with E-state index in [1.165, 1.54) is 23.3 Å². The van der Waals surface area contributed by atoms with Gasteiger partial charge in [0.05, 0.1) is 6.54 Å². The topological polar surface area (TPSA) is 75.7 Å². The summed E-state index contributed by atoms with van der Waals surface area (Å²) in [5.74, 6) is -1.26. The van der Waals surface area contributed by atoms with Crippen LogP contribution in [0.1, 0.15) is 38.2 Å². The van der Waals surface area contributed by atoms with E-state index in [9.17, 15) is 14.4 Å². The van der Waals surface area contributed by atoms with Crippen molar-refractivity contribution in [3.63, 3.8) is 0 Å². The van der Waals surface area contributed by atoms with Crippen molar-refractivity contribution >= 4 is 34.8 Å². The van der Waals surface area contributed by atoms with Gasteiger partial charge in [0.15, 0.2) is 6.61 Å². The summed E-state index contributed by atoms with van der Waals surface area (Å²) in [7, 11) is 1.50. The van der Waals surface area contributed by atoms with Crippen LogP contribution in [0, 0.1) is 20.8 Å². The zero-order valence-electron chi connectivity index (χ0n) is 16.9. The molecule has 0 spiro atoms. The van der Waals surface area contributed by atoms with Gasteiger partial charge in [-0.05, 0) is 49.9 Å². The van der Waals surface area contributed by atoms with E-state index in [1.807, 2.05) is 45.9 Å². The number of benzene rings is 1. The predicted molar refractivity (Wildman–Crippen MR) is 111 cm³/mol. The van der Waals surface area contributed by atoms with E-state index in [0.29, 0.717) is 4.88 Å². The number of hydrogen-bond donors (Lipinski definition) is 1. The Labute approximate surface area is 169 Å². The number of nitrogens with zero attached hydrogens (tertiary/aromatic N) is 1. The first-order valence-corrected chi connectivity index (χ1v) is 9.91. The van der Waals surface area contributed by atoms with E-state index in [-0.39, 0.29) is 12.5 Å². The van der Waals surface area contributed by atoms with Gasteiger partial charge in [0.25, 0.3) is 5.91 Å². The molecule has 0 aliphatic carbocycles. The maximum Gasteiger partial charge on any atom is 0.348 e. The second-order valence-corrected chi connectivity index (χ2v) is 7.85. The van der Waals surface area contributed by atoms with Gasteiger partial charge in [0, 0.05) is 17.6 Å². The van der Waals surface area contributed by atoms with Crippen LogP contribution in [0.2, 0.25) is 0 Å². The number of hydrogen-bond acceptors (Lipinski definition) is 5. The van der Waals surface area contributed by atoms with E-state index in [2.05, 4.69) is 5.32 Å². The van der Waals surface area contributed by atoms with Crippen LogP contribution >= 0.6 is 11.3 Å². The van der Waals surface area contributed by atoms with Crippen molar-refractivity contribution in [1.82, 2.24) is 4.90 Å². The van der Waals surface area contributed by atoms with Gasteiger partial charge in [-0.2, -0.15) is 0 Å². The summed E-state index contributed by atoms with van der Waals surface area (Å²) in [5.41, 5.74) is 3.70. The molecule has 0 saturated heterocycles. The van der Waals surface area contributed by atoms with E-state index >= 15 is 0 Å². The first-order valence-electron chi connectivity index (χ1n) is 9.09. The fourth-order valence-electron chi connectivity index (χ4n) is 2.77. The largest absolute Gasteiger partial charge is 0.451 e. The van der Waals surface area contributed by atoms with Gasteiger partial charge in [-0.15, -0.1) is 11.3 Å². The second-order valence-electron chi connectivity index (χ2n) is 6.71. The van der Waals surface area contributed by atoms with Gasteiger partial charge in [-0.1, -0.05) is 25.1 Å². The molecule has 1 N–H and O–H groups in total. The van der Waals surface area contributed by atoms with Crippen LogP contribution in [-0.2, 0) is 20.7 Å². The van der Waals surface area contributed by atoms with Gasteiger partial charge < -0.3 is 15.0 Å². The molecule has 6 nitrogen and oxygen atoms in total. The zero-order chi connectivity index (χ0) is 20.8. The number of esters is 1. The second kappa shape index (κ2) is 9.50. The van der Waals surface area contributed by atoms with Gasteiger partial charge in [0.2, 0.25) is 5.91 Å². The lowest BCUT2D eigenvalue weighted by atomic mass is 10.1. The minimum Gasteiger partial charge on any atom is -0.451 e. The molecule has 0 atom stereocenters. The number of likely N-dealkylation sites (N-methyl/N-ethyl adjacent to an activating group) is 1. The van der Waals surface area contributed by atoms with Crippen molar-refractivity contribution in [2.45, 2.75) is 34.1 Å². The van der Waals surface area contributed by atoms with Crippen LogP contribution in [0.3, 0.4) is 0 Å². The van der Waals surface area contributed by atoms with Crippen LogP contribution in [0.25, 0.3) is 0 Å². The smallest absolute Gasteiger partial charge is 0.348 e. The Hall–Kier alpha value is -2.67. The fourth-order valence-corrected chi connectivity index (χ4v) is 3.78. The first-order chi connectivity index (χ1) is 13.2. The minimum atomic E-state index is -0.519. The number of carbonyl (C=O) groups is 3. The molecule has 7 heteroatoms. The Morgan fingerprint density at radius 3 is 2.32 bits per heavy atom. The molecular weight excluding hydrogens is 376 g/mol. The van der Waals surface area contributed by atoms with Gasteiger partial charge in [-0.25, -0.2) is 4.79 Å². The third-order valence-corrected chi connectivity index (χ3v) is 5.78. The van der Waals surface area contributed by atoms with Gasteiger partial charge >= 0.3 is 5.97 Å². The predicted octanol–water partition coefficient (Wildman–Crippen LogP) is 3.49. The third-order valence-electron chi connectivity index (χ3n) is 4.42. The number of rotatable bonds is 7. The summed E-state index contributed by atoms with van der Waals surface area (Å²) in [6, 6.07) is 7.52. The summed E-state index contributed by atoms with van der Waals surface area (Å²) < 4.78 is 5.11. The Kier molecular flexibility index (Phi) is 7.34. The highest BCUT2D eigenvalue weighted by molar-refractivity contribution is 7.14. The van der Waals surface area contributed by atoms with Crippen LogP contribution in [0.4, 0.5) is 5.69 Å². The zero-order valence-corrected chi connectivity index (χ0v) is 17.7. The average Bonchev–Trinajstić information content (AvgIpc) is 3.03. The molecule has 28 heavy (non-hydrogen) atoms. The molecule has 150 valence electrons. The standard InChI is InChI=1S/C21H26N2O4S/c1-6-16-15(4)10-17(28-16)21(26)27-12-19(25)23(5)11-18(24)22-20-13(2)8-7-9-14(20)3/h7-10H,6,11-12H2,1-5H3,(H,22,24). The molecule has 0 aliphatic rings. The molecule has 0 saturated carbocycles. The van der Waals surface area contributed by atoms with Crippen molar-refractivity contribution in [2.75, 3.05) is 25.5 Å². The van der Waals surface area contributed by atoms with Crippen molar-refractivity contribution in [1.29, 1.82) is 0 Å². The number of carbonyl (C=O) groups excluding carboxylic acids is 3.